The molecule has 0 saturated heterocycles. The number of nitrogens with one attached hydrogen (secondary N) is 1. The van der Waals surface area contributed by atoms with Crippen molar-refractivity contribution >= 4 is 28.9 Å². The van der Waals surface area contributed by atoms with Crippen LogP contribution in [0.5, 0.6) is 17.2 Å². The van der Waals surface area contributed by atoms with E-state index in [-0.39, 0.29) is 5.02 Å². The van der Waals surface area contributed by atoms with Crippen molar-refractivity contribution in [2.75, 3.05) is 5.32 Å². The molecular formula is C15H13ClFNO7. The van der Waals surface area contributed by atoms with Gasteiger partial charge in [0.05, 0.1) is 22.0 Å². The average Bonchev–Trinajstić information content (AvgIpc) is 2.53. The van der Waals surface area contributed by atoms with Crippen LogP contribution in [0.1, 0.15) is 11.1 Å². The summed E-state index contributed by atoms with van der Waals surface area (Å²) >= 11 is 5.82. The Morgan fingerprint density at radius 2 is 1.72 bits per heavy atom. The normalized spacial score (nSPS) is 11.4. The van der Waals surface area contributed by atoms with Crippen molar-refractivity contribution < 1.29 is 39.8 Å². The van der Waals surface area contributed by atoms with Crippen LogP contribution in [0.4, 0.5) is 15.8 Å². The Morgan fingerprint density at radius 1 is 1.12 bits per heavy atom. The van der Waals surface area contributed by atoms with Gasteiger partial charge < -0.3 is 36.0 Å². The predicted octanol–water partition coefficient (Wildman–Crippen LogP) is 1.87. The van der Waals surface area contributed by atoms with Crippen molar-refractivity contribution in [2.24, 2.45) is 0 Å². The Kier molecular flexibility index (Phi) is 4.67. The van der Waals surface area contributed by atoms with Crippen LogP contribution in [-0.4, -0.2) is 36.6 Å². The fourth-order valence-corrected chi connectivity index (χ4v) is 2.35. The molecule has 7 N–H and O–H groups in total. The number of aliphatic carboxylic acids is 1. The first kappa shape index (κ1) is 18.6. The number of halogens is 2. The molecule has 0 aliphatic carbocycles. The topological polar surface area (TPSA) is 150 Å². The van der Waals surface area contributed by atoms with Crippen molar-refractivity contribution in [2.45, 2.75) is 12.7 Å². The summed E-state index contributed by atoms with van der Waals surface area (Å²) in [7, 11) is 0. The molecule has 0 unspecified atom stereocenters. The third-order valence-electron chi connectivity index (χ3n) is 3.52. The molecule has 134 valence electrons. The molecule has 8 nitrogen and oxygen atoms in total. The van der Waals surface area contributed by atoms with Gasteiger partial charge in [0.1, 0.15) is 11.6 Å². The summed E-state index contributed by atoms with van der Waals surface area (Å²) in [6.07, 6.45) is 0. The van der Waals surface area contributed by atoms with E-state index in [4.69, 9.17) is 16.7 Å². The first-order valence-corrected chi connectivity index (χ1v) is 7.05. The minimum Gasteiger partial charge on any atom is -0.507 e. The molecule has 0 aliphatic heterocycles. The van der Waals surface area contributed by atoms with E-state index in [0.717, 1.165) is 13.0 Å². The SMILES string of the molecule is Cc1c(O)c(O)c(Nc2c(F)cccc2Cl)c(C(O)(O)C(=O)O)c1O. The summed E-state index contributed by atoms with van der Waals surface area (Å²) in [5.74, 6) is -9.72. The number of carboxylic acids is 1. The molecule has 0 spiro atoms. The van der Waals surface area contributed by atoms with Crippen LogP contribution in [0.2, 0.25) is 5.02 Å². The van der Waals surface area contributed by atoms with Crippen molar-refractivity contribution in [3.63, 3.8) is 0 Å². The first-order chi connectivity index (χ1) is 11.5. The highest BCUT2D eigenvalue weighted by atomic mass is 35.5. The summed E-state index contributed by atoms with van der Waals surface area (Å²) in [5, 5.41) is 60.6. The van der Waals surface area contributed by atoms with Crippen LogP contribution in [0.25, 0.3) is 0 Å². The highest BCUT2D eigenvalue weighted by Gasteiger charge is 2.43. The summed E-state index contributed by atoms with van der Waals surface area (Å²) in [4.78, 5) is 11.1. The number of carboxylic acid groups (broad SMARTS) is 1. The van der Waals surface area contributed by atoms with Crippen molar-refractivity contribution in [1.29, 1.82) is 0 Å². The van der Waals surface area contributed by atoms with Gasteiger partial charge in [-0.2, -0.15) is 0 Å². The number of hydrogen-bond donors (Lipinski definition) is 7. The summed E-state index contributed by atoms with van der Waals surface area (Å²) in [5.41, 5.74) is -2.83. The monoisotopic (exact) mass is 373 g/mol. The molecule has 2 aromatic rings. The van der Waals surface area contributed by atoms with Gasteiger partial charge in [-0.05, 0) is 19.1 Å². The van der Waals surface area contributed by atoms with Crippen molar-refractivity contribution in [3.05, 3.63) is 40.2 Å². The van der Waals surface area contributed by atoms with E-state index in [9.17, 15) is 34.7 Å². The molecule has 0 atom stereocenters. The van der Waals surface area contributed by atoms with Crippen LogP contribution in [-0.2, 0) is 10.6 Å². The Labute approximate surface area is 145 Å². The number of phenols is 3. The van der Waals surface area contributed by atoms with E-state index in [1.807, 2.05) is 0 Å². The Hall–Kier alpha value is -2.75. The van der Waals surface area contributed by atoms with Crippen LogP contribution in [0.15, 0.2) is 18.2 Å². The predicted molar refractivity (Wildman–Crippen MR) is 84.6 cm³/mol. The molecule has 0 amide bonds. The van der Waals surface area contributed by atoms with Crippen molar-refractivity contribution in [1.82, 2.24) is 0 Å². The van der Waals surface area contributed by atoms with Gasteiger partial charge >= 0.3 is 5.97 Å². The maximum Gasteiger partial charge on any atom is 0.369 e. The second-order valence-corrected chi connectivity index (χ2v) is 5.53. The minimum atomic E-state index is -3.67. The van der Waals surface area contributed by atoms with Gasteiger partial charge in [-0.25, -0.2) is 9.18 Å². The van der Waals surface area contributed by atoms with Gasteiger partial charge in [0.2, 0.25) is 0 Å². The van der Waals surface area contributed by atoms with Gasteiger partial charge in [0, 0.05) is 5.56 Å². The third kappa shape index (κ3) is 3.00. The van der Waals surface area contributed by atoms with Gasteiger partial charge in [0.25, 0.3) is 5.79 Å². The van der Waals surface area contributed by atoms with Gasteiger partial charge in [0.15, 0.2) is 11.5 Å². The van der Waals surface area contributed by atoms with E-state index in [0.29, 0.717) is 0 Å². The largest absolute Gasteiger partial charge is 0.507 e. The molecular weight excluding hydrogens is 361 g/mol. The minimum absolute atomic E-state index is 0.193. The zero-order chi connectivity index (χ0) is 19.1. The highest BCUT2D eigenvalue weighted by Crippen LogP contribution is 2.50. The lowest BCUT2D eigenvalue weighted by molar-refractivity contribution is -0.208. The fraction of sp³-hybridized carbons (Fsp3) is 0.133. The van der Waals surface area contributed by atoms with E-state index < -0.39 is 57.3 Å². The molecule has 2 aromatic carbocycles. The van der Waals surface area contributed by atoms with Gasteiger partial charge in [-0.15, -0.1) is 0 Å². The second-order valence-electron chi connectivity index (χ2n) is 5.12. The van der Waals surface area contributed by atoms with Gasteiger partial charge in [-0.3, -0.25) is 0 Å². The zero-order valence-electron chi connectivity index (χ0n) is 12.6. The number of aliphatic hydroxyl groups is 2. The van der Waals surface area contributed by atoms with Crippen molar-refractivity contribution in [3.8, 4) is 17.2 Å². The number of carbonyl (C=O) groups is 1. The van der Waals surface area contributed by atoms with E-state index >= 15 is 0 Å². The molecule has 0 heterocycles. The summed E-state index contributed by atoms with van der Waals surface area (Å²) < 4.78 is 13.9. The Morgan fingerprint density at radius 3 is 2.24 bits per heavy atom. The highest BCUT2D eigenvalue weighted by molar-refractivity contribution is 6.33. The number of phenolic OH excluding ortho intramolecular Hbond substituents is 3. The number of benzene rings is 2. The third-order valence-corrected chi connectivity index (χ3v) is 3.83. The molecule has 0 radical (unpaired) electrons. The fourth-order valence-electron chi connectivity index (χ4n) is 2.14. The second kappa shape index (κ2) is 6.28. The number of hydrogen-bond acceptors (Lipinski definition) is 7. The zero-order valence-corrected chi connectivity index (χ0v) is 13.3. The molecule has 0 aromatic heterocycles. The number of rotatable bonds is 4. The van der Waals surface area contributed by atoms with Crippen LogP contribution in [0.3, 0.4) is 0 Å². The lowest BCUT2D eigenvalue weighted by atomic mass is 9.97. The van der Waals surface area contributed by atoms with Crippen LogP contribution in [0, 0.1) is 12.7 Å². The first-order valence-electron chi connectivity index (χ1n) is 6.67. The standard InChI is InChI=1S/C15H13ClFNO7/c1-5-11(19)8(15(24,25)14(22)23)10(13(21)12(5)20)18-9-6(16)3-2-4-7(9)17/h2-4,18-21,24-25H,1H3,(H,22,23). The maximum atomic E-state index is 13.9. The lowest BCUT2D eigenvalue weighted by Gasteiger charge is -2.25. The smallest absolute Gasteiger partial charge is 0.369 e. The summed E-state index contributed by atoms with van der Waals surface area (Å²) in [6, 6.07) is 3.52. The molecule has 2 rings (SSSR count). The molecule has 0 bridgehead atoms. The lowest BCUT2D eigenvalue weighted by Crippen LogP contribution is -2.36. The number of aromatic hydroxyl groups is 3. The van der Waals surface area contributed by atoms with E-state index in [1.54, 1.807) is 0 Å². The molecule has 0 aliphatic rings. The maximum absolute atomic E-state index is 13.9. The molecule has 0 saturated carbocycles. The van der Waals surface area contributed by atoms with Gasteiger partial charge in [-0.1, -0.05) is 17.7 Å². The quantitative estimate of drug-likeness (QED) is 0.244. The average molecular weight is 374 g/mol. The van der Waals surface area contributed by atoms with Crippen LogP contribution < -0.4 is 5.32 Å². The Balaban J connectivity index is 2.83. The number of para-hydroxylation sites is 1. The molecule has 10 heteroatoms. The number of anilines is 2. The summed E-state index contributed by atoms with van der Waals surface area (Å²) in [6.45, 7) is 1.09. The molecule has 25 heavy (non-hydrogen) atoms. The van der Waals surface area contributed by atoms with Crippen LogP contribution >= 0.6 is 11.6 Å². The van der Waals surface area contributed by atoms with E-state index in [2.05, 4.69) is 5.32 Å². The van der Waals surface area contributed by atoms with E-state index in [1.165, 1.54) is 12.1 Å². The molecule has 0 fully saturated rings. The Bertz CT molecular complexity index is 849.